The Bertz CT molecular complexity index is 294. The maximum absolute atomic E-state index is 11.3. The summed E-state index contributed by atoms with van der Waals surface area (Å²) in [6, 6.07) is 0. The van der Waals surface area contributed by atoms with Gasteiger partial charge in [0.05, 0.1) is 18.4 Å². The Morgan fingerprint density at radius 3 is 2.00 bits per heavy atom. The number of allylic oxidation sites excluding steroid dienone is 1. The zero-order valence-electron chi connectivity index (χ0n) is 13.5. The first kappa shape index (κ1) is 19.5. The van der Waals surface area contributed by atoms with Crippen molar-refractivity contribution in [2.75, 3.05) is 6.61 Å². The first-order chi connectivity index (χ1) is 9.42. The van der Waals surface area contributed by atoms with Crippen molar-refractivity contribution in [2.24, 2.45) is 0 Å². The second kappa shape index (κ2) is 11.2. The van der Waals surface area contributed by atoms with Gasteiger partial charge in [0.1, 0.15) is 0 Å². The number of hydrogen-bond acceptors (Lipinski definition) is 5. The van der Waals surface area contributed by atoms with Crippen LogP contribution in [0.4, 0.5) is 0 Å². The summed E-state index contributed by atoms with van der Waals surface area (Å²) in [6.07, 6.45) is 3.25. The molecule has 0 fully saturated rings. The molecule has 0 aliphatic heterocycles. The van der Waals surface area contributed by atoms with Gasteiger partial charge in [-0.2, -0.15) is 0 Å². The predicted molar refractivity (Wildman–Crippen MR) is 78.9 cm³/mol. The average molecular weight is 302 g/mol. The Hall–Kier alpha value is -0.538. The molecule has 0 radical (unpaired) electrons. The molecule has 6 heteroatoms. The summed E-state index contributed by atoms with van der Waals surface area (Å²) in [5, 5.41) is 0. The number of esters is 1. The molecule has 0 aliphatic carbocycles. The van der Waals surface area contributed by atoms with Crippen LogP contribution in [0.2, 0.25) is 0 Å². The molecule has 2 atom stereocenters. The third-order valence-corrected chi connectivity index (χ3v) is 4.66. The summed E-state index contributed by atoms with van der Waals surface area (Å²) >= 11 is -2.30. The Morgan fingerprint density at radius 2 is 1.60 bits per heavy atom. The highest BCUT2D eigenvalue weighted by molar-refractivity contribution is 6.37. The first-order valence-corrected chi connectivity index (χ1v) is 8.66. The number of carbonyl (C=O) groups excluding carboxylic acids is 1. The van der Waals surface area contributed by atoms with E-state index in [4.69, 9.17) is 16.1 Å². The van der Waals surface area contributed by atoms with Crippen LogP contribution in [0.15, 0.2) is 11.8 Å². The summed E-state index contributed by atoms with van der Waals surface area (Å²) < 4.78 is 22.1. The standard InChI is InChI=1S/C6H10O3.2C4H9O.Al/c1-3-9-6(8)4-5(2)7;2*1-3-4(2)5;/h4,7H,3H2,1-2H3;2*4H,3H2,1-2H3;/q;2*-1;+3/p-1. The third kappa shape index (κ3) is 9.38. The molecule has 116 valence electrons. The first-order valence-electron chi connectivity index (χ1n) is 7.25. The van der Waals surface area contributed by atoms with Gasteiger partial charge in [-0.25, -0.2) is 4.79 Å². The molecule has 0 aromatic rings. The molecule has 0 aliphatic rings. The number of carbonyl (C=O) groups is 1. The van der Waals surface area contributed by atoms with Crippen LogP contribution < -0.4 is 0 Å². The van der Waals surface area contributed by atoms with Crippen molar-refractivity contribution < 1.29 is 20.9 Å². The Kier molecular flexibility index (Phi) is 10.9. The van der Waals surface area contributed by atoms with Crippen molar-refractivity contribution in [3.63, 3.8) is 0 Å². The fraction of sp³-hybridized carbons (Fsp3) is 0.786. The zero-order chi connectivity index (χ0) is 15.5. The van der Waals surface area contributed by atoms with Crippen LogP contribution in [0.1, 0.15) is 54.4 Å². The minimum absolute atomic E-state index is 0.0751. The van der Waals surface area contributed by atoms with E-state index in [9.17, 15) is 4.79 Å². The van der Waals surface area contributed by atoms with Crippen molar-refractivity contribution in [1.29, 1.82) is 0 Å². The van der Waals surface area contributed by atoms with Crippen molar-refractivity contribution in [3.05, 3.63) is 11.8 Å². The van der Waals surface area contributed by atoms with E-state index in [1.165, 1.54) is 6.08 Å². The van der Waals surface area contributed by atoms with E-state index < -0.39 is 21.1 Å². The van der Waals surface area contributed by atoms with Gasteiger partial charge in [0, 0.05) is 12.2 Å². The Morgan fingerprint density at radius 1 is 1.10 bits per heavy atom. The highest BCUT2D eigenvalue weighted by atomic mass is 27.3. The van der Waals surface area contributed by atoms with Gasteiger partial charge < -0.3 is 16.1 Å². The van der Waals surface area contributed by atoms with Crippen LogP contribution in [0.25, 0.3) is 0 Å². The number of hydrogen-bond donors (Lipinski definition) is 0. The van der Waals surface area contributed by atoms with Crippen molar-refractivity contribution in [1.82, 2.24) is 0 Å². The van der Waals surface area contributed by atoms with Crippen LogP contribution >= 0.6 is 0 Å². The zero-order valence-corrected chi connectivity index (χ0v) is 14.6. The fourth-order valence-corrected chi connectivity index (χ4v) is 2.89. The lowest BCUT2D eigenvalue weighted by molar-refractivity contribution is -0.137. The molecule has 2 unspecified atom stereocenters. The predicted octanol–water partition coefficient (Wildman–Crippen LogP) is 3.09. The average Bonchev–Trinajstić information content (AvgIpc) is 2.38. The van der Waals surface area contributed by atoms with Gasteiger partial charge in [-0.1, -0.05) is 13.8 Å². The van der Waals surface area contributed by atoms with Gasteiger partial charge in [-0.3, -0.25) is 0 Å². The molecular weight excluding hydrogens is 275 g/mol. The van der Waals surface area contributed by atoms with Gasteiger partial charge in [0.25, 0.3) is 0 Å². The molecular formula is C14H27AlO5. The molecule has 0 bridgehead atoms. The summed E-state index contributed by atoms with van der Waals surface area (Å²) in [6.45, 7) is 11.9. The van der Waals surface area contributed by atoms with Crippen LogP contribution in [0, 0.1) is 0 Å². The molecule has 0 aromatic carbocycles. The molecule has 0 rings (SSSR count). The minimum atomic E-state index is -2.30. The second-order valence-electron chi connectivity index (χ2n) is 4.62. The van der Waals surface area contributed by atoms with E-state index >= 15 is 0 Å². The normalized spacial score (nSPS) is 14.6. The lowest BCUT2D eigenvalue weighted by atomic mass is 10.3. The van der Waals surface area contributed by atoms with Crippen LogP contribution in [-0.2, 0) is 20.9 Å². The topological polar surface area (TPSA) is 54.0 Å². The maximum atomic E-state index is 11.3. The van der Waals surface area contributed by atoms with Gasteiger partial charge in [-0.15, -0.1) is 0 Å². The van der Waals surface area contributed by atoms with E-state index in [0.717, 1.165) is 12.8 Å². The summed E-state index contributed by atoms with van der Waals surface area (Å²) in [7, 11) is 0. The highest BCUT2D eigenvalue weighted by Crippen LogP contribution is 2.10. The number of rotatable bonds is 10. The monoisotopic (exact) mass is 302 g/mol. The third-order valence-electron chi connectivity index (χ3n) is 2.73. The van der Waals surface area contributed by atoms with E-state index in [0.29, 0.717) is 12.4 Å². The van der Waals surface area contributed by atoms with Crippen molar-refractivity contribution >= 4 is 21.1 Å². The van der Waals surface area contributed by atoms with Crippen molar-refractivity contribution in [3.8, 4) is 0 Å². The molecule has 0 heterocycles. The van der Waals surface area contributed by atoms with Gasteiger partial charge in [0.15, 0.2) is 0 Å². The van der Waals surface area contributed by atoms with Crippen molar-refractivity contribution in [2.45, 2.75) is 66.6 Å². The lowest BCUT2D eigenvalue weighted by Crippen LogP contribution is -2.33. The summed E-state index contributed by atoms with van der Waals surface area (Å²) in [5.74, 6) is 0.0524. The van der Waals surface area contributed by atoms with Gasteiger partial charge in [-0.05, 0) is 40.5 Å². The SMILES string of the molecule is CCOC(=O)C=C(C)[O][Al]([O]C(C)CC)[O]C(C)CC. The minimum Gasteiger partial charge on any atom is -0.602 e. The van der Waals surface area contributed by atoms with E-state index in [2.05, 4.69) is 0 Å². The van der Waals surface area contributed by atoms with E-state index in [1.54, 1.807) is 13.8 Å². The summed E-state index contributed by atoms with van der Waals surface area (Å²) in [4.78, 5) is 11.3. The van der Waals surface area contributed by atoms with Crippen LogP contribution in [-0.4, -0.2) is 39.9 Å². The smallest absolute Gasteiger partial charge is 0.602 e. The lowest BCUT2D eigenvalue weighted by Gasteiger charge is -2.21. The molecule has 0 aromatic heterocycles. The maximum Gasteiger partial charge on any atom is 1.00 e. The van der Waals surface area contributed by atoms with Crippen LogP contribution in [0.3, 0.4) is 0 Å². The fourth-order valence-electron chi connectivity index (χ4n) is 1.20. The van der Waals surface area contributed by atoms with Gasteiger partial charge >= 0.3 is 21.1 Å². The Balaban J connectivity index is 4.56. The molecule has 5 nitrogen and oxygen atoms in total. The van der Waals surface area contributed by atoms with Gasteiger partial charge in [0.2, 0.25) is 0 Å². The molecule has 0 spiro atoms. The second-order valence-corrected chi connectivity index (χ2v) is 5.98. The van der Waals surface area contributed by atoms with Crippen LogP contribution in [0.5, 0.6) is 0 Å². The molecule has 20 heavy (non-hydrogen) atoms. The molecule has 0 saturated carbocycles. The quantitative estimate of drug-likeness (QED) is 0.269. The van der Waals surface area contributed by atoms with E-state index in [1.807, 2.05) is 27.7 Å². The Labute approximate surface area is 127 Å². The molecule has 0 N–H and O–H groups in total. The molecule has 0 saturated heterocycles. The molecule has 0 amide bonds. The van der Waals surface area contributed by atoms with E-state index in [-0.39, 0.29) is 12.2 Å². The largest absolute Gasteiger partial charge is 1.00 e. The summed E-state index contributed by atoms with van der Waals surface area (Å²) in [5.41, 5.74) is 0. The highest BCUT2D eigenvalue weighted by Gasteiger charge is 2.38. The number of ether oxygens (including phenoxy) is 1.